The van der Waals surface area contributed by atoms with Gasteiger partial charge in [-0.05, 0) is 41.3 Å². The summed E-state index contributed by atoms with van der Waals surface area (Å²) in [5, 5.41) is 6.99. The van der Waals surface area contributed by atoms with Crippen LogP contribution in [0.5, 0.6) is 5.75 Å². The number of furan rings is 1. The highest BCUT2D eigenvalue weighted by molar-refractivity contribution is 5.92. The maximum atomic E-state index is 12.1. The van der Waals surface area contributed by atoms with Crippen LogP contribution in [0.4, 0.5) is 0 Å². The molecule has 0 aliphatic carbocycles. The van der Waals surface area contributed by atoms with Crippen LogP contribution >= 0.6 is 0 Å². The fraction of sp³-hybridized carbons (Fsp3) is 0.300. The van der Waals surface area contributed by atoms with Gasteiger partial charge in [0.1, 0.15) is 17.2 Å². The second-order valence-electron chi connectivity index (χ2n) is 7.05. The number of nitrogens with one attached hydrogen (secondary N) is 1. The van der Waals surface area contributed by atoms with Crippen molar-refractivity contribution in [3.63, 3.8) is 0 Å². The highest BCUT2D eigenvalue weighted by Crippen LogP contribution is 2.24. The Bertz CT molecular complexity index is 843. The number of aromatic nitrogens is 2. The number of benzene rings is 1. The van der Waals surface area contributed by atoms with Gasteiger partial charge < -0.3 is 14.5 Å². The minimum absolute atomic E-state index is 0.110. The maximum Gasteiger partial charge on any atom is 0.272 e. The van der Waals surface area contributed by atoms with Crippen molar-refractivity contribution in [3.8, 4) is 5.75 Å². The molecule has 0 bridgehead atoms. The number of carbonyl (C=O) groups excluding carboxylic acids is 1. The van der Waals surface area contributed by atoms with Gasteiger partial charge in [0.2, 0.25) is 0 Å². The Kier molecular flexibility index (Phi) is 5.11. The molecule has 3 rings (SSSR count). The van der Waals surface area contributed by atoms with E-state index in [2.05, 4.69) is 43.3 Å². The molecule has 2 heterocycles. The van der Waals surface area contributed by atoms with Crippen molar-refractivity contribution in [1.82, 2.24) is 15.1 Å². The van der Waals surface area contributed by atoms with E-state index in [0.29, 0.717) is 18.0 Å². The first-order valence-corrected chi connectivity index (χ1v) is 8.49. The van der Waals surface area contributed by atoms with Crippen molar-refractivity contribution < 1.29 is 13.9 Å². The Balaban J connectivity index is 1.52. The molecule has 0 fully saturated rings. The number of carbonyl (C=O) groups is 1. The fourth-order valence-electron chi connectivity index (χ4n) is 2.42. The molecule has 0 radical (unpaired) electrons. The van der Waals surface area contributed by atoms with Crippen LogP contribution < -0.4 is 10.1 Å². The molecule has 6 heteroatoms. The van der Waals surface area contributed by atoms with Crippen LogP contribution in [0.2, 0.25) is 0 Å². The van der Waals surface area contributed by atoms with E-state index in [0.717, 1.165) is 5.75 Å². The summed E-state index contributed by atoms with van der Waals surface area (Å²) < 4.78 is 12.5. The van der Waals surface area contributed by atoms with E-state index in [4.69, 9.17) is 9.15 Å². The topological polar surface area (TPSA) is 69.3 Å². The molecule has 0 spiro atoms. The molecule has 1 aromatic carbocycles. The lowest BCUT2D eigenvalue weighted by Crippen LogP contribution is -2.23. The first-order chi connectivity index (χ1) is 12.4. The van der Waals surface area contributed by atoms with Gasteiger partial charge in [-0.25, -0.2) is 4.68 Å². The zero-order valence-electron chi connectivity index (χ0n) is 15.2. The standard InChI is InChI=1S/C20H23N3O3/c1-20(2,3)15-6-8-16(9-7-15)26-14-23-11-10-18(22-23)19(24)21-13-17-5-4-12-25-17/h4-12H,13-14H2,1-3H3,(H,21,24). The molecule has 0 saturated carbocycles. The predicted molar refractivity (Wildman–Crippen MR) is 97.9 cm³/mol. The number of amides is 1. The third-order valence-corrected chi connectivity index (χ3v) is 3.96. The third kappa shape index (κ3) is 4.53. The summed E-state index contributed by atoms with van der Waals surface area (Å²) in [5.41, 5.74) is 1.70. The Labute approximate surface area is 152 Å². The molecule has 0 aliphatic heterocycles. The van der Waals surface area contributed by atoms with Crippen LogP contribution in [-0.4, -0.2) is 15.7 Å². The van der Waals surface area contributed by atoms with E-state index in [9.17, 15) is 4.79 Å². The van der Waals surface area contributed by atoms with Crippen LogP contribution in [0.15, 0.2) is 59.3 Å². The van der Waals surface area contributed by atoms with Crippen LogP contribution in [0, 0.1) is 0 Å². The minimum atomic E-state index is -0.255. The molecule has 1 N–H and O–H groups in total. The van der Waals surface area contributed by atoms with Gasteiger partial charge in [-0.2, -0.15) is 5.10 Å². The van der Waals surface area contributed by atoms with Crippen molar-refractivity contribution in [2.24, 2.45) is 0 Å². The molecule has 136 valence electrons. The van der Waals surface area contributed by atoms with Gasteiger partial charge in [0.05, 0.1) is 12.8 Å². The van der Waals surface area contributed by atoms with Gasteiger partial charge in [-0.1, -0.05) is 32.9 Å². The van der Waals surface area contributed by atoms with Crippen molar-refractivity contribution in [1.29, 1.82) is 0 Å². The van der Waals surface area contributed by atoms with Gasteiger partial charge in [0, 0.05) is 6.20 Å². The summed E-state index contributed by atoms with van der Waals surface area (Å²) >= 11 is 0. The summed E-state index contributed by atoms with van der Waals surface area (Å²) in [5.74, 6) is 1.20. The smallest absolute Gasteiger partial charge is 0.272 e. The molecule has 26 heavy (non-hydrogen) atoms. The Morgan fingerprint density at radius 1 is 1.19 bits per heavy atom. The summed E-state index contributed by atoms with van der Waals surface area (Å²) in [6.07, 6.45) is 3.28. The molecule has 0 saturated heterocycles. The van der Waals surface area contributed by atoms with E-state index in [1.54, 1.807) is 35.3 Å². The van der Waals surface area contributed by atoms with E-state index < -0.39 is 0 Å². The zero-order valence-corrected chi connectivity index (χ0v) is 15.2. The molecule has 0 atom stereocenters. The number of rotatable bonds is 6. The lowest BCUT2D eigenvalue weighted by molar-refractivity contribution is 0.0941. The highest BCUT2D eigenvalue weighted by Gasteiger charge is 2.13. The quantitative estimate of drug-likeness (QED) is 0.733. The van der Waals surface area contributed by atoms with Gasteiger partial charge in [0.15, 0.2) is 6.73 Å². The number of hydrogen-bond acceptors (Lipinski definition) is 4. The largest absolute Gasteiger partial charge is 0.471 e. The lowest BCUT2D eigenvalue weighted by Gasteiger charge is -2.19. The van der Waals surface area contributed by atoms with E-state index in [-0.39, 0.29) is 18.1 Å². The Hall–Kier alpha value is -3.02. The summed E-state index contributed by atoms with van der Waals surface area (Å²) in [6, 6.07) is 13.3. The molecular formula is C20H23N3O3. The van der Waals surface area contributed by atoms with Crippen molar-refractivity contribution in [2.45, 2.75) is 39.5 Å². The SMILES string of the molecule is CC(C)(C)c1ccc(OCn2ccc(C(=O)NCc3ccco3)n2)cc1. The average molecular weight is 353 g/mol. The van der Waals surface area contributed by atoms with Crippen LogP contribution in [0.3, 0.4) is 0 Å². The third-order valence-electron chi connectivity index (χ3n) is 3.96. The van der Waals surface area contributed by atoms with Crippen molar-refractivity contribution >= 4 is 5.91 Å². The van der Waals surface area contributed by atoms with E-state index in [1.165, 1.54) is 5.56 Å². The Morgan fingerprint density at radius 3 is 2.62 bits per heavy atom. The molecule has 2 aromatic heterocycles. The fourth-order valence-corrected chi connectivity index (χ4v) is 2.42. The maximum absolute atomic E-state index is 12.1. The first kappa shape index (κ1) is 17.8. The summed E-state index contributed by atoms with van der Waals surface area (Å²) in [6.45, 7) is 7.08. The van der Waals surface area contributed by atoms with Crippen molar-refractivity contribution in [2.75, 3.05) is 0 Å². The molecule has 3 aromatic rings. The second kappa shape index (κ2) is 7.47. The molecule has 6 nitrogen and oxygen atoms in total. The molecule has 0 unspecified atom stereocenters. The first-order valence-electron chi connectivity index (χ1n) is 8.49. The lowest BCUT2D eigenvalue weighted by atomic mass is 9.87. The predicted octanol–water partition coefficient (Wildman–Crippen LogP) is 3.74. The zero-order chi connectivity index (χ0) is 18.6. The van der Waals surface area contributed by atoms with Crippen LogP contribution in [-0.2, 0) is 18.7 Å². The summed E-state index contributed by atoms with van der Waals surface area (Å²) in [7, 11) is 0. The normalized spacial score (nSPS) is 11.3. The van der Waals surface area contributed by atoms with Gasteiger partial charge in [0.25, 0.3) is 5.91 Å². The monoisotopic (exact) mass is 353 g/mol. The van der Waals surface area contributed by atoms with Gasteiger partial charge in [-0.3, -0.25) is 4.79 Å². The summed E-state index contributed by atoms with van der Waals surface area (Å²) in [4.78, 5) is 12.1. The average Bonchev–Trinajstić information content (AvgIpc) is 3.29. The van der Waals surface area contributed by atoms with E-state index >= 15 is 0 Å². The van der Waals surface area contributed by atoms with Gasteiger partial charge >= 0.3 is 0 Å². The molecular weight excluding hydrogens is 330 g/mol. The second-order valence-corrected chi connectivity index (χ2v) is 7.05. The number of ether oxygens (including phenoxy) is 1. The van der Waals surface area contributed by atoms with Crippen LogP contribution in [0.25, 0.3) is 0 Å². The molecule has 0 aliphatic rings. The molecule has 1 amide bonds. The van der Waals surface area contributed by atoms with Crippen molar-refractivity contribution in [3.05, 3.63) is 71.9 Å². The highest BCUT2D eigenvalue weighted by atomic mass is 16.5. The van der Waals surface area contributed by atoms with E-state index in [1.807, 2.05) is 12.1 Å². The minimum Gasteiger partial charge on any atom is -0.471 e. The Morgan fingerprint density at radius 2 is 1.96 bits per heavy atom. The number of nitrogens with zero attached hydrogens (tertiary/aromatic N) is 2. The number of hydrogen-bond donors (Lipinski definition) is 1. The van der Waals surface area contributed by atoms with Crippen LogP contribution in [0.1, 0.15) is 42.6 Å². The van der Waals surface area contributed by atoms with Gasteiger partial charge in [-0.15, -0.1) is 0 Å².